The highest BCUT2D eigenvalue weighted by atomic mass is 35.5. The van der Waals surface area contributed by atoms with Crippen molar-refractivity contribution in [3.63, 3.8) is 0 Å². The maximum atomic E-state index is 13.6. The van der Waals surface area contributed by atoms with Gasteiger partial charge in [0.15, 0.2) is 0 Å². The lowest BCUT2D eigenvalue weighted by Crippen LogP contribution is -2.15. The van der Waals surface area contributed by atoms with Gasteiger partial charge in [-0.1, -0.05) is 22.9 Å². The Kier molecular flexibility index (Phi) is 3.36. The summed E-state index contributed by atoms with van der Waals surface area (Å²) >= 11 is 5.68. The van der Waals surface area contributed by atoms with Gasteiger partial charge in [0.2, 0.25) is 0 Å². The fourth-order valence-electron chi connectivity index (χ4n) is 1.48. The zero-order valence-electron chi connectivity index (χ0n) is 10.1. The molecule has 0 amide bonds. The molecule has 1 aromatic carbocycles. The van der Waals surface area contributed by atoms with E-state index in [2.05, 4.69) is 10.3 Å². The van der Waals surface area contributed by atoms with Crippen molar-refractivity contribution < 1.29 is 9.50 Å². The zero-order chi connectivity index (χ0) is 13.3. The Morgan fingerprint density at radius 2 is 2.17 bits per heavy atom. The lowest BCUT2D eigenvalue weighted by molar-refractivity contribution is 0.0737. The van der Waals surface area contributed by atoms with Crippen molar-refractivity contribution in [1.82, 2.24) is 15.0 Å². The predicted octanol–water partition coefficient (Wildman–Crippen LogP) is 2.35. The van der Waals surface area contributed by atoms with Crippen molar-refractivity contribution in [2.45, 2.75) is 26.0 Å². The molecule has 1 heterocycles. The molecule has 0 saturated heterocycles. The minimum atomic E-state index is -1.06. The first-order valence-electron chi connectivity index (χ1n) is 5.43. The van der Waals surface area contributed by atoms with E-state index in [9.17, 15) is 9.50 Å². The van der Waals surface area contributed by atoms with Crippen LogP contribution in [0, 0.1) is 5.82 Å². The van der Waals surface area contributed by atoms with Crippen LogP contribution in [0.4, 0.5) is 4.39 Å². The summed E-state index contributed by atoms with van der Waals surface area (Å²) in [6.07, 6.45) is 1.59. The van der Waals surface area contributed by atoms with Gasteiger partial charge in [0, 0.05) is 10.6 Å². The van der Waals surface area contributed by atoms with Crippen LogP contribution in [0.15, 0.2) is 24.4 Å². The first-order chi connectivity index (χ1) is 8.36. The number of benzene rings is 1. The number of aliphatic hydroxyl groups is 1. The molecule has 2 rings (SSSR count). The predicted molar refractivity (Wildman–Crippen MR) is 65.8 cm³/mol. The minimum Gasteiger partial charge on any atom is -0.384 e. The van der Waals surface area contributed by atoms with Gasteiger partial charge in [-0.25, -0.2) is 9.07 Å². The van der Waals surface area contributed by atoms with Crippen molar-refractivity contribution in [3.8, 4) is 0 Å². The van der Waals surface area contributed by atoms with Gasteiger partial charge in [0.1, 0.15) is 17.1 Å². The van der Waals surface area contributed by atoms with Gasteiger partial charge in [-0.15, -0.1) is 5.10 Å². The van der Waals surface area contributed by atoms with Crippen LogP contribution in [0.1, 0.15) is 25.1 Å². The molecule has 0 aliphatic carbocycles. The molecular weight excluding hydrogens is 257 g/mol. The normalized spacial score (nSPS) is 11.8. The van der Waals surface area contributed by atoms with Crippen molar-refractivity contribution in [2.75, 3.05) is 0 Å². The van der Waals surface area contributed by atoms with Gasteiger partial charge in [-0.3, -0.25) is 0 Å². The molecule has 2 aromatic rings. The van der Waals surface area contributed by atoms with Crippen LogP contribution < -0.4 is 0 Å². The van der Waals surface area contributed by atoms with Crippen LogP contribution in [-0.2, 0) is 12.1 Å². The van der Waals surface area contributed by atoms with Gasteiger partial charge in [0.05, 0.1) is 12.7 Å². The van der Waals surface area contributed by atoms with Gasteiger partial charge < -0.3 is 5.11 Å². The van der Waals surface area contributed by atoms with E-state index in [1.807, 2.05) is 0 Å². The van der Waals surface area contributed by atoms with E-state index in [1.54, 1.807) is 32.2 Å². The SMILES string of the molecule is CC(C)(O)c1cn(Cc2ccc(Cl)cc2F)nn1. The first kappa shape index (κ1) is 13.0. The molecule has 0 saturated carbocycles. The second-order valence-corrected chi connectivity index (χ2v) is 5.03. The highest BCUT2D eigenvalue weighted by Gasteiger charge is 2.20. The molecule has 0 bridgehead atoms. The number of hydrogen-bond acceptors (Lipinski definition) is 3. The van der Waals surface area contributed by atoms with E-state index in [4.69, 9.17) is 11.6 Å². The topological polar surface area (TPSA) is 50.9 Å². The second kappa shape index (κ2) is 4.66. The average Bonchev–Trinajstić information content (AvgIpc) is 2.70. The smallest absolute Gasteiger partial charge is 0.129 e. The molecule has 6 heteroatoms. The van der Waals surface area contributed by atoms with Crippen LogP contribution >= 0.6 is 11.6 Å². The summed E-state index contributed by atoms with van der Waals surface area (Å²) in [6.45, 7) is 3.47. The van der Waals surface area contributed by atoms with Crippen LogP contribution in [0.3, 0.4) is 0 Å². The molecule has 1 aromatic heterocycles. The van der Waals surface area contributed by atoms with E-state index in [-0.39, 0.29) is 12.4 Å². The second-order valence-electron chi connectivity index (χ2n) is 4.60. The summed E-state index contributed by atoms with van der Waals surface area (Å²) in [6, 6.07) is 4.47. The van der Waals surface area contributed by atoms with Crippen LogP contribution in [0.2, 0.25) is 5.02 Å². The van der Waals surface area contributed by atoms with Gasteiger partial charge in [-0.2, -0.15) is 0 Å². The summed E-state index contributed by atoms with van der Waals surface area (Å²) in [5.74, 6) is -0.386. The van der Waals surface area contributed by atoms with Crippen molar-refractivity contribution in [2.24, 2.45) is 0 Å². The molecule has 0 spiro atoms. The summed E-state index contributed by atoms with van der Waals surface area (Å²) in [5.41, 5.74) is -0.153. The van der Waals surface area contributed by atoms with Crippen LogP contribution in [0.5, 0.6) is 0 Å². The highest BCUT2D eigenvalue weighted by molar-refractivity contribution is 6.30. The Morgan fingerprint density at radius 3 is 2.72 bits per heavy atom. The molecule has 0 unspecified atom stereocenters. The Labute approximate surface area is 109 Å². The van der Waals surface area contributed by atoms with Crippen molar-refractivity contribution in [3.05, 3.63) is 46.5 Å². The van der Waals surface area contributed by atoms with E-state index in [0.29, 0.717) is 16.3 Å². The maximum absolute atomic E-state index is 13.6. The molecule has 0 radical (unpaired) electrons. The summed E-state index contributed by atoms with van der Waals surface area (Å²) in [4.78, 5) is 0. The van der Waals surface area contributed by atoms with Crippen LogP contribution in [0.25, 0.3) is 0 Å². The Balaban J connectivity index is 2.21. The summed E-state index contributed by atoms with van der Waals surface area (Å²) < 4.78 is 15.1. The average molecular weight is 270 g/mol. The number of nitrogens with zero attached hydrogens (tertiary/aromatic N) is 3. The largest absolute Gasteiger partial charge is 0.384 e. The lowest BCUT2D eigenvalue weighted by Gasteiger charge is -2.11. The Hall–Kier alpha value is -1.46. The number of halogens is 2. The van der Waals surface area contributed by atoms with E-state index < -0.39 is 5.60 Å². The van der Waals surface area contributed by atoms with Crippen molar-refractivity contribution in [1.29, 1.82) is 0 Å². The van der Waals surface area contributed by atoms with E-state index in [1.165, 1.54) is 10.7 Å². The minimum absolute atomic E-state index is 0.242. The maximum Gasteiger partial charge on any atom is 0.129 e. The van der Waals surface area contributed by atoms with Gasteiger partial charge in [0.25, 0.3) is 0 Å². The standard InChI is InChI=1S/C12H13ClFN3O/c1-12(2,18)11-7-17(16-15-11)6-8-3-4-9(13)5-10(8)14/h3-5,7,18H,6H2,1-2H3. The molecule has 18 heavy (non-hydrogen) atoms. The summed E-state index contributed by atoms with van der Waals surface area (Å²) in [5, 5.41) is 17.8. The Morgan fingerprint density at radius 1 is 1.44 bits per heavy atom. The number of aromatic nitrogens is 3. The molecule has 1 N–H and O–H groups in total. The molecule has 96 valence electrons. The third-order valence-electron chi connectivity index (χ3n) is 2.51. The van der Waals surface area contributed by atoms with Gasteiger partial charge >= 0.3 is 0 Å². The Bertz CT molecular complexity index is 563. The number of rotatable bonds is 3. The molecular formula is C12H13ClFN3O. The molecule has 0 fully saturated rings. The monoisotopic (exact) mass is 269 g/mol. The fraction of sp³-hybridized carbons (Fsp3) is 0.333. The van der Waals surface area contributed by atoms with Gasteiger partial charge in [-0.05, 0) is 26.0 Å². The lowest BCUT2D eigenvalue weighted by atomic mass is 10.1. The van der Waals surface area contributed by atoms with Crippen molar-refractivity contribution >= 4 is 11.6 Å². The molecule has 0 atom stereocenters. The van der Waals surface area contributed by atoms with E-state index >= 15 is 0 Å². The molecule has 4 nitrogen and oxygen atoms in total. The summed E-state index contributed by atoms with van der Waals surface area (Å²) in [7, 11) is 0. The fourth-order valence-corrected chi connectivity index (χ4v) is 1.64. The molecule has 0 aliphatic heterocycles. The quantitative estimate of drug-likeness (QED) is 0.931. The first-order valence-corrected chi connectivity index (χ1v) is 5.81. The van der Waals surface area contributed by atoms with Crippen LogP contribution in [-0.4, -0.2) is 20.1 Å². The van der Waals surface area contributed by atoms with E-state index in [0.717, 1.165) is 0 Å². The third kappa shape index (κ3) is 2.86. The third-order valence-corrected chi connectivity index (χ3v) is 2.75. The molecule has 0 aliphatic rings. The zero-order valence-corrected chi connectivity index (χ0v) is 10.8. The number of hydrogen-bond donors (Lipinski definition) is 1. The highest BCUT2D eigenvalue weighted by Crippen LogP contribution is 2.18.